The van der Waals surface area contributed by atoms with Gasteiger partial charge >= 0.3 is 11.9 Å². The minimum Gasteiger partial charge on any atom is -0.508 e. The summed E-state index contributed by atoms with van der Waals surface area (Å²) in [5.74, 6) is -0.370. The van der Waals surface area contributed by atoms with E-state index in [1.807, 2.05) is 24.3 Å². The Morgan fingerprint density at radius 1 is 0.583 bits per heavy atom. The highest BCUT2D eigenvalue weighted by Crippen LogP contribution is 2.35. The topological polar surface area (TPSA) is 93.1 Å². The molecule has 0 aliphatic heterocycles. The van der Waals surface area contributed by atoms with Crippen LogP contribution in [0.25, 0.3) is 21.5 Å². The number of rotatable bonds is 4. The number of phenolic OH excluding ortho intramolecular Hbond substituents is 2. The molecular weight excluding hydrogens is 456 g/mol. The zero-order chi connectivity index (χ0) is 25.4. The van der Waals surface area contributed by atoms with E-state index in [0.717, 1.165) is 10.8 Å². The number of fused-ring (bicyclic) bond motifs is 2. The lowest BCUT2D eigenvalue weighted by molar-refractivity contribution is 0.0727. The molecule has 5 aromatic carbocycles. The fourth-order valence-electron chi connectivity index (χ4n) is 3.96. The van der Waals surface area contributed by atoms with E-state index >= 15 is 0 Å². The van der Waals surface area contributed by atoms with Crippen LogP contribution in [-0.2, 0) is 0 Å². The van der Waals surface area contributed by atoms with Crippen molar-refractivity contribution in [1.29, 1.82) is 0 Å². The number of aryl methyl sites for hydroxylation is 2. The van der Waals surface area contributed by atoms with Gasteiger partial charge in [-0.05, 0) is 84.3 Å². The molecule has 0 aliphatic carbocycles. The summed E-state index contributed by atoms with van der Waals surface area (Å²) in [6.07, 6.45) is 0. The molecule has 0 atom stereocenters. The molecule has 6 nitrogen and oxygen atoms in total. The summed E-state index contributed by atoms with van der Waals surface area (Å²) >= 11 is 0. The van der Waals surface area contributed by atoms with Crippen molar-refractivity contribution in [1.82, 2.24) is 0 Å². The SMILES string of the molecule is Cc1ccc(C(=O)Oc2cccc3cc4c(OC(=O)c5ccc(C)c(O)c5)cccc4cc23)cc1O. The Hall–Kier alpha value is -4.84. The molecule has 0 amide bonds. The van der Waals surface area contributed by atoms with E-state index in [-0.39, 0.29) is 22.6 Å². The molecule has 178 valence electrons. The minimum atomic E-state index is -0.582. The van der Waals surface area contributed by atoms with E-state index in [1.165, 1.54) is 12.1 Å². The fraction of sp³-hybridized carbons (Fsp3) is 0.0667. The van der Waals surface area contributed by atoms with Crippen molar-refractivity contribution in [3.05, 3.63) is 107 Å². The normalized spacial score (nSPS) is 10.9. The van der Waals surface area contributed by atoms with Gasteiger partial charge in [0, 0.05) is 10.8 Å². The molecule has 36 heavy (non-hydrogen) atoms. The Labute approximate surface area is 207 Å². The number of aromatic hydroxyl groups is 2. The number of carbonyl (C=O) groups excluding carboxylic acids is 2. The molecule has 0 aliphatic rings. The zero-order valence-electron chi connectivity index (χ0n) is 19.6. The molecular formula is C30H22O6. The highest BCUT2D eigenvalue weighted by molar-refractivity contribution is 6.05. The fourth-order valence-corrected chi connectivity index (χ4v) is 3.96. The number of ether oxygens (including phenoxy) is 2. The van der Waals surface area contributed by atoms with Crippen LogP contribution in [0.4, 0.5) is 0 Å². The Morgan fingerprint density at radius 3 is 1.39 bits per heavy atom. The lowest BCUT2D eigenvalue weighted by atomic mass is 10.0. The quantitative estimate of drug-likeness (QED) is 0.175. The molecule has 6 heteroatoms. The Bertz CT molecular complexity index is 1540. The van der Waals surface area contributed by atoms with E-state index in [9.17, 15) is 19.8 Å². The number of hydrogen-bond donors (Lipinski definition) is 2. The predicted octanol–water partition coefficient (Wildman–Crippen LogP) is 6.46. The maximum Gasteiger partial charge on any atom is 0.343 e. The Morgan fingerprint density at radius 2 is 1.00 bits per heavy atom. The molecule has 0 saturated heterocycles. The van der Waals surface area contributed by atoms with Gasteiger partial charge in [-0.3, -0.25) is 0 Å². The van der Waals surface area contributed by atoms with Crippen LogP contribution in [0.3, 0.4) is 0 Å². The van der Waals surface area contributed by atoms with Crippen molar-refractivity contribution in [2.75, 3.05) is 0 Å². The van der Waals surface area contributed by atoms with Crippen molar-refractivity contribution in [3.63, 3.8) is 0 Å². The highest BCUT2D eigenvalue weighted by atomic mass is 16.5. The number of phenols is 2. The standard InChI is InChI=1S/C30H22O6/c1-17-9-11-21(15-25(17)31)29(33)35-27-7-3-5-19-14-24-20(13-23(19)27)6-4-8-28(24)36-30(34)22-12-10-18(2)26(32)16-22/h3-16,31-32H,1-2H3. The maximum atomic E-state index is 12.7. The van der Waals surface area contributed by atoms with Crippen molar-refractivity contribution in [2.24, 2.45) is 0 Å². The van der Waals surface area contributed by atoms with Crippen LogP contribution < -0.4 is 9.47 Å². The first-order valence-corrected chi connectivity index (χ1v) is 11.3. The van der Waals surface area contributed by atoms with E-state index in [2.05, 4.69) is 0 Å². The summed E-state index contributed by atoms with van der Waals surface area (Å²) in [6.45, 7) is 3.49. The second kappa shape index (κ2) is 9.07. The van der Waals surface area contributed by atoms with Crippen LogP contribution in [-0.4, -0.2) is 22.2 Å². The largest absolute Gasteiger partial charge is 0.508 e. The van der Waals surface area contributed by atoms with Gasteiger partial charge < -0.3 is 19.7 Å². The number of carbonyl (C=O) groups is 2. The zero-order valence-corrected chi connectivity index (χ0v) is 19.6. The lowest BCUT2D eigenvalue weighted by Crippen LogP contribution is -2.09. The monoisotopic (exact) mass is 478 g/mol. The summed E-state index contributed by atoms with van der Waals surface area (Å²) in [5.41, 5.74) is 1.82. The van der Waals surface area contributed by atoms with E-state index in [1.54, 1.807) is 62.4 Å². The van der Waals surface area contributed by atoms with Crippen LogP contribution >= 0.6 is 0 Å². The number of hydrogen-bond acceptors (Lipinski definition) is 6. The molecule has 2 N–H and O–H groups in total. The predicted molar refractivity (Wildman–Crippen MR) is 137 cm³/mol. The molecule has 5 rings (SSSR count). The summed E-state index contributed by atoms with van der Waals surface area (Å²) in [4.78, 5) is 25.5. The first-order chi connectivity index (χ1) is 17.3. The van der Waals surface area contributed by atoms with Crippen molar-refractivity contribution in [2.45, 2.75) is 13.8 Å². The minimum absolute atomic E-state index is 0.0243. The van der Waals surface area contributed by atoms with Gasteiger partial charge in [0.15, 0.2) is 0 Å². The summed E-state index contributed by atoms with van der Waals surface area (Å²) in [7, 11) is 0. The third kappa shape index (κ3) is 4.32. The third-order valence-corrected chi connectivity index (χ3v) is 6.09. The maximum absolute atomic E-state index is 12.7. The van der Waals surface area contributed by atoms with E-state index < -0.39 is 11.9 Å². The van der Waals surface area contributed by atoms with Crippen LogP contribution in [0.15, 0.2) is 84.9 Å². The Balaban J connectivity index is 1.49. The van der Waals surface area contributed by atoms with Crippen LogP contribution in [0.2, 0.25) is 0 Å². The third-order valence-electron chi connectivity index (χ3n) is 6.09. The molecule has 0 aromatic heterocycles. The van der Waals surface area contributed by atoms with Gasteiger partial charge in [0.05, 0.1) is 11.1 Å². The highest BCUT2D eigenvalue weighted by Gasteiger charge is 2.16. The molecule has 0 heterocycles. The first kappa shape index (κ1) is 22.9. The molecule has 0 spiro atoms. The average Bonchev–Trinajstić information content (AvgIpc) is 2.86. The second-order valence-corrected chi connectivity index (χ2v) is 8.59. The summed E-state index contributed by atoms with van der Waals surface area (Å²) in [6, 6.07) is 23.7. The van der Waals surface area contributed by atoms with Crippen molar-refractivity contribution >= 4 is 33.5 Å². The van der Waals surface area contributed by atoms with Gasteiger partial charge in [-0.15, -0.1) is 0 Å². The second-order valence-electron chi connectivity index (χ2n) is 8.59. The molecule has 0 radical (unpaired) electrons. The van der Waals surface area contributed by atoms with Crippen LogP contribution in [0.5, 0.6) is 23.0 Å². The van der Waals surface area contributed by atoms with Gasteiger partial charge in [-0.2, -0.15) is 0 Å². The van der Waals surface area contributed by atoms with Gasteiger partial charge in [-0.1, -0.05) is 36.4 Å². The Kier molecular flexibility index (Phi) is 5.78. The first-order valence-electron chi connectivity index (χ1n) is 11.3. The summed E-state index contributed by atoms with van der Waals surface area (Å²) < 4.78 is 11.3. The van der Waals surface area contributed by atoms with E-state index in [4.69, 9.17) is 9.47 Å². The molecule has 5 aromatic rings. The van der Waals surface area contributed by atoms with Gasteiger partial charge in [-0.25, -0.2) is 9.59 Å². The average molecular weight is 479 g/mol. The number of benzene rings is 5. The van der Waals surface area contributed by atoms with Crippen LogP contribution in [0, 0.1) is 13.8 Å². The van der Waals surface area contributed by atoms with Crippen molar-refractivity contribution < 1.29 is 29.3 Å². The molecule has 0 fully saturated rings. The van der Waals surface area contributed by atoms with Gasteiger partial charge in [0.1, 0.15) is 23.0 Å². The van der Waals surface area contributed by atoms with Crippen LogP contribution in [0.1, 0.15) is 31.8 Å². The molecule has 0 saturated carbocycles. The molecule has 0 unspecified atom stereocenters. The van der Waals surface area contributed by atoms with Gasteiger partial charge in [0.2, 0.25) is 0 Å². The summed E-state index contributed by atoms with van der Waals surface area (Å²) in [5, 5.41) is 22.9. The smallest absolute Gasteiger partial charge is 0.343 e. The van der Waals surface area contributed by atoms with Crippen molar-refractivity contribution in [3.8, 4) is 23.0 Å². The van der Waals surface area contributed by atoms with E-state index in [0.29, 0.717) is 33.4 Å². The lowest BCUT2D eigenvalue weighted by Gasteiger charge is -2.12. The number of esters is 2. The van der Waals surface area contributed by atoms with Gasteiger partial charge in [0.25, 0.3) is 0 Å². The molecule has 0 bridgehead atoms.